The van der Waals surface area contributed by atoms with E-state index < -0.39 is 0 Å². The van der Waals surface area contributed by atoms with E-state index in [0.717, 1.165) is 22.5 Å². The van der Waals surface area contributed by atoms with Crippen LogP contribution in [0.5, 0.6) is 0 Å². The van der Waals surface area contributed by atoms with Crippen LogP contribution >= 0.6 is 34.8 Å². The normalized spacial score (nSPS) is 12.4. The summed E-state index contributed by atoms with van der Waals surface area (Å²) in [6, 6.07) is 12.9. The second-order valence-corrected chi connectivity index (χ2v) is 6.86. The first kappa shape index (κ1) is 17.3. The molecule has 3 rings (SSSR count). The third-order valence-electron chi connectivity index (χ3n) is 3.79. The van der Waals surface area contributed by atoms with Crippen molar-refractivity contribution in [1.29, 1.82) is 0 Å². The van der Waals surface area contributed by atoms with Crippen LogP contribution in [0.2, 0.25) is 15.1 Å². The van der Waals surface area contributed by atoms with Crippen LogP contribution in [0, 0.1) is 0 Å². The highest BCUT2D eigenvalue weighted by Gasteiger charge is 2.19. The second-order valence-electron chi connectivity index (χ2n) is 5.61. The van der Waals surface area contributed by atoms with Gasteiger partial charge in [-0.15, -0.1) is 0 Å². The minimum absolute atomic E-state index is 0.211. The van der Waals surface area contributed by atoms with Gasteiger partial charge in [0.1, 0.15) is 0 Å². The van der Waals surface area contributed by atoms with Crippen LogP contribution in [0.3, 0.4) is 0 Å². The predicted molar refractivity (Wildman–Crippen MR) is 101 cm³/mol. The Kier molecular flexibility index (Phi) is 5.16. The van der Waals surface area contributed by atoms with Crippen molar-refractivity contribution in [3.63, 3.8) is 0 Å². The SMILES string of the molecule is CC(N)c1c(-c2ccc(Cl)cc2Cl)ncn1Cc1ccccc1Cl. The van der Waals surface area contributed by atoms with Gasteiger partial charge in [-0.05, 0) is 36.8 Å². The third-order valence-corrected chi connectivity index (χ3v) is 4.71. The molecule has 24 heavy (non-hydrogen) atoms. The topological polar surface area (TPSA) is 43.8 Å². The van der Waals surface area contributed by atoms with Gasteiger partial charge in [-0.3, -0.25) is 0 Å². The van der Waals surface area contributed by atoms with Crippen LogP contribution in [-0.4, -0.2) is 9.55 Å². The summed E-state index contributed by atoms with van der Waals surface area (Å²) in [5, 5.41) is 1.85. The van der Waals surface area contributed by atoms with E-state index in [1.165, 1.54) is 0 Å². The molecule has 0 aliphatic heterocycles. The van der Waals surface area contributed by atoms with Crippen LogP contribution in [-0.2, 0) is 6.54 Å². The van der Waals surface area contributed by atoms with Crippen molar-refractivity contribution < 1.29 is 0 Å². The first-order chi connectivity index (χ1) is 11.5. The summed E-state index contributed by atoms with van der Waals surface area (Å²) in [5.41, 5.74) is 9.69. The van der Waals surface area contributed by atoms with Crippen molar-refractivity contribution >= 4 is 34.8 Å². The maximum absolute atomic E-state index is 6.34. The predicted octanol–water partition coefficient (Wildman–Crippen LogP) is 5.58. The molecule has 6 heteroatoms. The van der Waals surface area contributed by atoms with E-state index in [4.69, 9.17) is 40.5 Å². The molecule has 1 aromatic heterocycles. The lowest BCUT2D eigenvalue weighted by atomic mass is 10.1. The van der Waals surface area contributed by atoms with Crippen molar-refractivity contribution in [2.75, 3.05) is 0 Å². The van der Waals surface area contributed by atoms with Crippen LogP contribution in [0.1, 0.15) is 24.2 Å². The number of imidazole rings is 1. The fourth-order valence-electron chi connectivity index (χ4n) is 2.69. The molecule has 0 fully saturated rings. The summed E-state index contributed by atoms with van der Waals surface area (Å²) < 4.78 is 2.01. The van der Waals surface area contributed by atoms with Gasteiger partial charge in [0, 0.05) is 21.7 Å². The number of halogens is 3. The highest BCUT2D eigenvalue weighted by atomic mass is 35.5. The Morgan fingerprint density at radius 3 is 2.50 bits per heavy atom. The molecule has 1 atom stereocenters. The Hall–Kier alpha value is -1.52. The Bertz CT molecular complexity index is 872. The van der Waals surface area contributed by atoms with E-state index in [9.17, 15) is 0 Å². The lowest BCUT2D eigenvalue weighted by Gasteiger charge is -2.14. The van der Waals surface area contributed by atoms with Gasteiger partial charge in [-0.1, -0.05) is 53.0 Å². The Labute approximate surface area is 156 Å². The zero-order chi connectivity index (χ0) is 17.3. The molecule has 0 saturated heterocycles. The molecule has 1 heterocycles. The minimum Gasteiger partial charge on any atom is -0.328 e. The molecule has 2 aromatic carbocycles. The molecule has 3 nitrogen and oxygen atoms in total. The van der Waals surface area contributed by atoms with E-state index in [1.54, 1.807) is 18.5 Å². The van der Waals surface area contributed by atoms with Gasteiger partial charge in [-0.25, -0.2) is 4.98 Å². The Morgan fingerprint density at radius 1 is 1.08 bits per heavy atom. The van der Waals surface area contributed by atoms with Gasteiger partial charge < -0.3 is 10.3 Å². The summed E-state index contributed by atoms with van der Waals surface area (Å²) >= 11 is 18.6. The lowest BCUT2D eigenvalue weighted by molar-refractivity contribution is 0.676. The maximum Gasteiger partial charge on any atom is 0.0959 e. The number of nitrogens with zero attached hydrogens (tertiary/aromatic N) is 2. The molecule has 0 aliphatic carbocycles. The number of nitrogens with two attached hydrogens (primary N) is 1. The van der Waals surface area contributed by atoms with E-state index in [1.807, 2.05) is 41.8 Å². The van der Waals surface area contributed by atoms with Crippen LogP contribution in [0.4, 0.5) is 0 Å². The number of hydrogen-bond donors (Lipinski definition) is 1. The standard InChI is InChI=1S/C18H16Cl3N3/c1-11(22)18-17(14-7-6-13(19)8-16(14)21)23-10-24(18)9-12-4-2-3-5-15(12)20/h2-8,10-11H,9,22H2,1H3. The smallest absolute Gasteiger partial charge is 0.0959 e. The molecule has 1 unspecified atom stereocenters. The van der Waals surface area contributed by atoms with Crippen molar-refractivity contribution in [2.45, 2.75) is 19.5 Å². The Balaban J connectivity index is 2.07. The zero-order valence-corrected chi connectivity index (χ0v) is 15.3. The highest BCUT2D eigenvalue weighted by molar-refractivity contribution is 6.36. The molecule has 0 amide bonds. The number of aromatic nitrogens is 2. The summed E-state index contributed by atoms with van der Waals surface area (Å²) in [4.78, 5) is 4.54. The van der Waals surface area contributed by atoms with Gasteiger partial charge in [0.05, 0.1) is 29.3 Å². The highest BCUT2D eigenvalue weighted by Crippen LogP contribution is 2.34. The van der Waals surface area contributed by atoms with Crippen LogP contribution in [0.15, 0.2) is 48.8 Å². The second kappa shape index (κ2) is 7.16. The maximum atomic E-state index is 6.34. The molecule has 0 spiro atoms. The Morgan fingerprint density at radius 2 is 1.83 bits per heavy atom. The molecular formula is C18H16Cl3N3. The van der Waals surface area contributed by atoms with Gasteiger partial charge in [-0.2, -0.15) is 0 Å². The summed E-state index contributed by atoms with van der Waals surface area (Å²) in [6.07, 6.45) is 1.77. The molecule has 0 saturated carbocycles. The van der Waals surface area contributed by atoms with Gasteiger partial charge >= 0.3 is 0 Å². The largest absolute Gasteiger partial charge is 0.328 e. The van der Waals surface area contributed by atoms with E-state index in [0.29, 0.717) is 21.6 Å². The van der Waals surface area contributed by atoms with Gasteiger partial charge in [0.2, 0.25) is 0 Å². The van der Waals surface area contributed by atoms with Crippen LogP contribution in [0.25, 0.3) is 11.3 Å². The molecule has 3 aromatic rings. The van der Waals surface area contributed by atoms with Gasteiger partial charge in [0.25, 0.3) is 0 Å². The first-order valence-electron chi connectivity index (χ1n) is 7.47. The average Bonchev–Trinajstić information content (AvgIpc) is 2.93. The summed E-state index contributed by atoms with van der Waals surface area (Å²) in [7, 11) is 0. The fraction of sp³-hybridized carbons (Fsp3) is 0.167. The summed E-state index contributed by atoms with van der Waals surface area (Å²) in [5.74, 6) is 0. The van der Waals surface area contributed by atoms with Gasteiger partial charge in [0.15, 0.2) is 0 Å². The van der Waals surface area contributed by atoms with E-state index in [-0.39, 0.29) is 6.04 Å². The van der Waals surface area contributed by atoms with Crippen molar-refractivity contribution in [2.24, 2.45) is 5.73 Å². The van der Waals surface area contributed by atoms with Crippen molar-refractivity contribution in [3.8, 4) is 11.3 Å². The van der Waals surface area contributed by atoms with Crippen molar-refractivity contribution in [3.05, 3.63) is 75.1 Å². The van der Waals surface area contributed by atoms with Crippen molar-refractivity contribution in [1.82, 2.24) is 9.55 Å². The molecular weight excluding hydrogens is 365 g/mol. The lowest BCUT2D eigenvalue weighted by Crippen LogP contribution is -2.14. The molecule has 0 bridgehead atoms. The first-order valence-corrected chi connectivity index (χ1v) is 8.60. The minimum atomic E-state index is -0.211. The summed E-state index contributed by atoms with van der Waals surface area (Å²) in [6.45, 7) is 2.52. The van der Waals surface area contributed by atoms with E-state index >= 15 is 0 Å². The third kappa shape index (κ3) is 3.45. The quantitative estimate of drug-likeness (QED) is 0.642. The number of hydrogen-bond acceptors (Lipinski definition) is 2. The van der Waals surface area contributed by atoms with Crippen LogP contribution < -0.4 is 5.73 Å². The monoisotopic (exact) mass is 379 g/mol. The fourth-order valence-corrected chi connectivity index (χ4v) is 3.39. The zero-order valence-electron chi connectivity index (χ0n) is 13.0. The molecule has 124 valence electrons. The van der Waals surface area contributed by atoms with E-state index in [2.05, 4.69) is 4.98 Å². The number of rotatable bonds is 4. The molecule has 2 N–H and O–H groups in total. The molecule has 0 radical (unpaired) electrons. The number of benzene rings is 2. The average molecular weight is 381 g/mol. The molecule has 0 aliphatic rings.